The number of pyridine rings is 1. The molecule has 106 valence electrons. The second-order valence-corrected chi connectivity index (χ2v) is 5.04. The minimum Gasteiger partial charge on any atom is -0.370 e. The highest BCUT2D eigenvalue weighted by Gasteiger charge is 2.09. The summed E-state index contributed by atoms with van der Waals surface area (Å²) in [6.07, 6.45) is 4.55. The van der Waals surface area contributed by atoms with E-state index in [0.29, 0.717) is 0 Å². The lowest BCUT2D eigenvalue weighted by atomic mass is 10.1. The maximum atomic E-state index is 4.51. The summed E-state index contributed by atoms with van der Waals surface area (Å²) in [4.78, 5) is 13.3. The highest BCUT2D eigenvalue weighted by atomic mass is 15.0. The van der Waals surface area contributed by atoms with Gasteiger partial charge < -0.3 is 5.32 Å². The van der Waals surface area contributed by atoms with Gasteiger partial charge in [0.25, 0.3) is 0 Å². The monoisotopic (exact) mass is 278 g/mol. The molecule has 0 aliphatic carbocycles. The first-order valence-corrected chi connectivity index (χ1v) is 7.20. The lowest BCUT2D eigenvalue weighted by molar-refractivity contribution is 0.960. The summed E-state index contributed by atoms with van der Waals surface area (Å²) in [5.41, 5.74) is 4.01. The van der Waals surface area contributed by atoms with E-state index in [2.05, 4.69) is 39.3 Å². The van der Waals surface area contributed by atoms with Crippen LogP contribution in [0.4, 0.5) is 5.82 Å². The molecule has 4 nitrogen and oxygen atoms in total. The third-order valence-corrected chi connectivity index (χ3v) is 3.49. The lowest BCUT2D eigenvalue weighted by Gasteiger charge is -2.11. The molecule has 4 heteroatoms. The number of nitrogens with one attached hydrogen (secondary N) is 1. The Hall–Kier alpha value is -2.49. The molecule has 0 fully saturated rings. The molecular formula is C17H18N4. The highest BCUT2D eigenvalue weighted by Crippen LogP contribution is 2.26. The quantitative estimate of drug-likeness (QED) is 0.788. The first kappa shape index (κ1) is 13.5. The van der Waals surface area contributed by atoms with Crippen molar-refractivity contribution in [3.8, 4) is 11.3 Å². The number of nitrogens with zero attached hydrogens (tertiary/aromatic N) is 3. The topological polar surface area (TPSA) is 50.7 Å². The Morgan fingerprint density at radius 2 is 1.95 bits per heavy atom. The average Bonchev–Trinajstić information content (AvgIpc) is 2.53. The number of para-hydroxylation sites is 1. The van der Waals surface area contributed by atoms with Gasteiger partial charge in [0.1, 0.15) is 12.1 Å². The van der Waals surface area contributed by atoms with Crippen molar-refractivity contribution in [2.45, 2.75) is 20.3 Å². The van der Waals surface area contributed by atoms with E-state index >= 15 is 0 Å². The van der Waals surface area contributed by atoms with Crippen molar-refractivity contribution in [1.82, 2.24) is 15.0 Å². The number of benzene rings is 1. The van der Waals surface area contributed by atoms with Crippen molar-refractivity contribution < 1.29 is 0 Å². The molecule has 0 aliphatic rings. The third-order valence-electron chi connectivity index (χ3n) is 3.49. The molecule has 1 N–H and O–H groups in total. The largest absolute Gasteiger partial charge is 0.370 e. The molecule has 0 amide bonds. The molecule has 2 heterocycles. The first-order valence-electron chi connectivity index (χ1n) is 7.20. The molecule has 0 saturated carbocycles. The Morgan fingerprint density at radius 1 is 1.10 bits per heavy atom. The SMILES string of the molecule is CCCNc1ncnc(-c2cnc3ccccc3c2)c1C. The van der Waals surface area contributed by atoms with Gasteiger partial charge in [0.05, 0.1) is 11.2 Å². The minimum atomic E-state index is 0.898. The van der Waals surface area contributed by atoms with Crippen LogP contribution in [0, 0.1) is 6.92 Å². The van der Waals surface area contributed by atoms with Crippen molar-refractivity contribution >= 4 is 16.7 Å². The Labute approximate surface area is 124 Å². The Bertz CT molecular complexity index is 768. The highest BCUT2D eigenvalue weighted by molar-refractivity contribution is 5.83. The van der Waals surface area contributed by atoms with Crippen LogP contribution >= 0.6 is 0 Å². The minimum absolute atomic E-state index is 0.898. The second kappa shape index (κ2) is 5.87. The van der Waals surface area contributed by atoms with Crippen LogP contribution < -0.4 is 5.32 Å². The number of rotatable bonds is 4. The van der Waals surface area contributed by atoms with E-state index in [-0.39, 0.29) is 0 Å². The van der Waals surface area contributed by atoms with Crippen molar-refractivity contribution in [2.75, 3.05) is 11.9 Å². The molecule has 0 aliphatic heterocycles. The fourth-order valence-electron chi connectivity index (χ4n) is 2.36. The summed E-state index contributed by atoms with van der Waals surface area (Å²) in [6, 6.07) is 10.2. The van der Waals surface area contributed by atoms with E-state index in [1.165, 1.54) is 0 Å². The van der Waals surface area contributed by atoms with E-state index in [1.54, 1.807) is 6.33 Å². The summed E-state index contributed by atoms with van der Waals surface area (Å²) in [6.45, 7) is 5.09. The zero-order valence-electron chi connectivity index (χ0n) is 12.3. The molecule has 3 rings (SSSR count). The van der Waals surface area contributed by atoms with Crippen LogP contribution in [0.2, 0.25) is 0 Å². The predicted molar refractivity (Wildman–Crippen MR) is 86.3 cm³/mol. The zero-order valence-corrected chi connectivity index (χ0v) is 12.3. The van der Waals surface area contributed by atoms with Crippen molar-refractivity contribution in [3.05, 3.63) is 48.4 Å². The van der Waals surface area contributed by atoms with Gasteiger partial charge in [0.2, 0.25) is 0 Å². The summed E-state index contributed by atoms with van der Waals surface area (Å²) in [7, 11) is 0. The number of hydrogen-bond donors (Lipinski definition) is 1. The maximum Gasteiger partial charge on any atom is 0.132 e. The van der Waals surface area contributed by atoms with Gasteiger partial charge in [0, 0.05) is 29.3 Å². The molecule has 3 aromatic rings. The summed E-state index contributed by atoms with van der Waals surface area (Å²) in [5, 5.41) is 4.46. The molecule has 0 atom stereocenters. The van der Waals surface area contributed by atoms with Gasteiger partial charge >= 0.3 is 0 Å². The fourth-order valence-corrected chi connectivity index (χ4v) is 2.36. The molecule has 1 aromatic carbocycles. The van der Waals surface area contributed by atoms with Crippen molar-refractivity contribution in [2.24, 2.45) is 0 Å². The van der Waals surface area contributed by atoms with Gasteiger partial charge in [-0.2, -0.15) is 0 Å². The lowest BCUT2D eigenvalue weighted by Crippen LogP contribution is -2.05. The molecule has 0 saturated heterocycles. The molecule has 0 radical (unpaired) electrons. The number of aromatic nitrogens is 3. The van der Waals surface area contributed by atoms with Crippen LogP contribution in [0.5, 0.6) is 0 Å². The standard InChI is InChI=1S/C17H18N4/c1-3-8-18-17-12(2)16(20-11-21-17)14-9-13-6-4-5-7-15(13)19-10-14/h4-7,9-11H,3,8H2,1-2H3,(H,18,20,21). The van der Waals surface area contributed by atoms with Crippen LogP contribution in [0.3, 0.4) is 0 Å². The number of hydrogen-bond acceptors (Lipinski definition) is 4. The van der Waals surface area contributed by atoms with Crippen LogP contribution in [0.1, 0.15) is 18.9 Å². The summed E-state index contributed by atoms with van der Waals surface area (Å²) < 4.78 is 0. The van der Waals surface area contributed by atoms with Gasteiger partial charge in [-0.25, -0.2) is 9.97 Å². The molecule has 2 aromatic heterocycles. The number of fused-ring (bicyclic) bond motifs is 1. The molecule has 0 bridgehead atoms. The van der Waals surface area contributed by atoms with Gasteiger partial charge in [-0.3, -0.25) is 4.98 Å². The van der Waals surface area contributed by atoms with Crippen LogP contribution in [0.25, 0.3) is 22.2 Å². The van der Waals surface area contributed by atoms with Crippen LogP contribution in [-0.4, -0.2) is 21.5 Å². The molecule has 0 spiro atoms. The first-order chi connectivity index (χ1) is 10.3. The Kier molecular flexibility index (Phi) is 3.77. The number of anilines is 1. The van der Waals surface area contributed by atoms with Crippen molar-refractivity contribution in [3.63, 3.8) is 0 Å². The van der Waals surface area contributed by atoms with Crippen molar-refractivity contribution in [1.29, 1.82) is 0 Å². The molecular weight excluding hydrogens is 260 g/mol. The summed E-state index contributed by atoms with van der Waals surface area (Å²) in [5.74, 6) is 0.898. The predicted octanol–water partition coefficient (Wildman–Crippen LogP) is 3.82. The van der Waals surface area contributed by atoms with Crippen LogP contribution in [-0.2, 0) is 0 Å². The van der Waals surface area contributed by atoms with E-state index in [4.69, 9.17) is 0 Å². The Balaban J connectivity index is 2.05. The van der Waals surface area contributed by atoms with E-state index < -0.39 is 0 Å². The molecule has 0 unspecified atom stereocenters. The van der Waals surface area contributed by atoms with Crippen LogP contribution in [0.15, 0.2) is 42.9 Å². The van der Waals surface area contributed by atoms with E-state index in [9.17, 15) is 0 Å². The second-order valence-electron chi connectivity index (χ2n) is 5.04. The fraction of sp³-hybridized carbons (Fsp3) is 0.235. The zero-order chi connectivity index (χ0) is 14.7. The maximum absolute atomic E-state index is 4.51. The molecule has 21 heavy (non-hydrogen) atoms. The normalized spacial score (nSPS) is 10.8. The summed E-state index contributed by atoms with van der Waals surface area (Å²) >= 11 is 0. The van der Waals surface area contributed by atoms with Gasteiger partial charge in [0.15, 0.2) is 0 Å². The van der Waals surface area contributed by atoms with E-state index in [0.717, 1.165) is 46.5 Å². The van der Waals surface area contributed by atoms with Gasteiger partial charge in [-0.05, 0) is 25.5 Å². The average molecular weight is 278 g/mol. The third kappa shape index (κ3) is 2.70. The van der Waals surface area contributed by atoms with E-state index in [1.807, 2.05) is 31.3 Å². The smallest absolute Gasteiger partial charge is 0.132 e. The van der Waals surface area contributed by atoms with Gasteiger partial charge in [-0.1, -0.05) is 25.1 Å². The Morgan fingerprint density at radius 3 is 2.81 bits per heavy atom. The van der Waals surface area contributed by atoms with Gasteiger partial charge in [-0.15, -0.1) is 0 Å².